The van der Waals surface area contributed by atoms with Crippen LogP contribution >= 0.6 is 0 Å². The first-order valence-corrected chi connectivity index (χ1v) is 8.82. The van der Waals surface area contributed by atoms with E-state index in [-0.39, 0.29) is 5.97 Å². The Morgan fingerprint density at radius 3 is 2.57 bits per heavy atom. The molecule has 1 saturated heterocycles. The van der Waals surface area contributed by atoms with E-state index in [2.05, 4.69) is 17.1 Å². The summed E-state index contributed by atoms with van der Waals surface area (Å²) in [7, 11) is 0. The van der Waals surface area contributed by atoms with Gasteiger partial charge in [-0.1, -0.05) is 6.92 Å². The summed E-state index contributed by atoms with van der Waals surface area (Å²) in [6.45, 7) is 7.14. The molecule has 4 nitrogen and oxygen atoms in total. The van der Waals surface area contributed by atoms with E-state index in [1.165, 1.54) is 38.8 Å². The van der Waals surface area contributed by atoms with Crippen LogP contribution in [0.2, 0.25) is 0 Å². The zero-order valence-corrected chi connectivity index (χ0v) is 13.6. The largest absolute Gasteiger partial charge is 0.465 e. The van der Waals surface area contributed by atoms with Crippen LogP contribution in [-0.2, 0) is 9.53 Å². The molecule has 2 aliphatic carbocycles. The van der Waals surface area contributed by atoms with E-state index in [4.69, 9.17) is 4.74 Å². The third-order valence-corrected chi connectivity index (χ3v) is 5.55. The van der Waals surface area contributed by atoms with E-state index in [1.54, 1.807) is 0 Å². The Morgan fingerprint density at radius 1 is 1.24 bits per heavy atom. The van der Waals surface area contributed by atoms with Crippen molar-refractivity contribution in [1.82, 2.24) is 10.2 Å². The number of rotatable bonds is 5. The number of carbonyl (C=O) groups is 1. The number of piperidine rings is 1. The highest BCUT2D eigenvalue weighted by Gasteiger charge is 2.50. The van der Waals surface area contributed by atoms with E-state index in [0.29, 0.717) is 18.7 Å². The fraction of sp³-hybridized carbons (Fsp3) is 0.941. The number of nitrogens with one attached hydrogen (secondary N) is 1. The molecule has 0 aromatic rings. The van der Waals surface area contributed by atoms with Crippen molar-refractivity contribution in [2.75, 3.05) is 19.7 Å². The molecule has 0 aromatic carbocycles. The smallest absolute Gasteiger partial charge is 0.326 e. The fourth-order valence-corrected chi connectivity index (χ4v) is 3.99. The van der Waals surface area contributed by atoms with Gasteiger partial charge in [-0.3, -0.25) is 10.1 Å². The Labute approximate surface area is 128 Å². The SMILES string of the molecule is CCOC(=O)C1(NC2CC2)CCC(N2CCC(C)CC2)C1. The minimum Gasteiger partial charge on any atom is -0.465 e. The summed E-state index contributed by atoms with van der Waals surface area (Å²) >= 11 is 0. The molecule has 3 aliphatic rings. The molecule has 1 N–H and O–H groups in total. The van der Waals surface area contributed by atoms with Crippen molar-refractivity contribution in [2.24, 2.45) is 5.92 Å². The van der Waals surface area contributed by atoms with Crippen molar-refractivity contribution in [3.05, 3.63) is 0 Å². The van der Waals surface area contributed by atoms with E-state index in [9.17, 15) is 4.79 Å². The van der Waals surface area contributed by atoms with Crippen molar-refractivity contribution < 1.29 is 9.53 Å². The van der Waals surface area contributed by atoms with Gasteiger partial charge in [-0.2, -0.15) is 0 Å². The highest BCUT2D eigenvalue weighted by molar-refractivity contribution is 5.81. The lowest BCUT2D eigenvalue weighted by Gasteiger charge is -2.36. The van der Waals surface area contributed by atoms with Crippen LogP contribution in [0.5, 0.6) is 0 Å². The fourth-order valence-electron chi connectivity index (χ4n) is 3.99. The van der Waals surface area contributed by atoms with Crippen LogP contribution in [0.3, 0.4) is 0 Å². The maximum atomic E-state index is 12.5. The van der Waals surface area contributed by atoms with Crippen molar-refractivity contribution >= 4 is 5.97 Å². The van der Waals surface area contributed by atoms with Gasteiger partial charge >= 0.3 is 5.97 Å². The molecule has 0 spiro atoms. The Hall–Kier alpha value is -0.610. The normalized spacial score (nSPS) is 35.0. The Morgan fingerprint density at radius 2 is 1.95 bits per heavy atom. The third kappa shape index (κ3) is 3.42. The molecule has 3 fully saturated rings. The molecular weight excluding hydrogens is 264 g/mol. The van der Waals surface area contributed by atoms with Crippen LogP contribution in [0, 0.1) is 5.92 Å². The third-order valence-electron chi connectivity index (χ3n) is 5.55. The second-order valence-corrected chi connectivity index (χ2v) is 7.34. The van der Waals surface area contributed by atoms with Gasteiger partial charge in [0, 0.05) is 12.1 Å². The van der Waals surface area contributed by atoms with Gasteiger partial charge in [0.05, 0.1) is 6.61 Å². The average Bonchev–Trinajstić information content (AvgIpc) is 3.17. The molecular formula is C17H30N2O2. The zero-order chi connectivity index (χ0) is 14.9. The minimum atomic E-state index is -0.398. The quantitative estimate of drug-likeness (QED) is 0.790. The van der Waals surface area contributed by atoms with Crippen LogP contribution < -0.4 is 5.32 Å². The van der Waals surface area contributed by atoms with Crippen molar-refractivity contribution in [1.29, 1.82) is 0 Å². The van der Waals surface area contributed by atoms with Crippen molar-refractivity contribution in [2.45, 2.75) is 76.4 Å². The van der Waals surface area contributed by atoms with Gasteiger partial charge in [0.15, 0.2) is 0 Å². The number of likely N-dealkylation sites (tertiary alicyclic amines) is 1. The highest BCUT2D eigenvalue weighted by atomic mass is 16.5. The van der Waals surface area contributed by atoms with Crippen LogP contribution in [0.4, 0.5) is 0 Å². The second-order valence-electron chi connectivity index (χ2n) is 7.34. The van der Waals surface area contributed by atoms with Crippen LogP contribution in [0.15, 0.2) is 0 Å². The molecule has 21 heavy (non-hydrogen) atoms. The van der Waals surface area contributed by atoms with Gasteiger partial charge in [-0.25, -0.2) is 0 Å². The van der Waals surface area contributed by atoms with Crippen LogP contribution in [-0.4, -0.2) is 48.2 Å². The molecule has 1 heterocycles. The molecule has 4 heteroatoms. The lowest BCUT2D eigenvalue weighted by atomic mass is 9.95. The Balaban J connectivity index is 1.64. The Bertz CT molecular complexity index is 375. The topological polar surface area (TPSA) is 41.6 Å². The number of hydrogen-bond acceptors (Lipinski definition) is 4. The van der Waals surface area contributed by atoms with E-state index in [1.807, 2.05) is 6.92 Å². The summed E-state index contributed by atoms with van der Waals surface area (Å²) < 4.78 is 5.39. The van der Waals surface area contributed by atoms with Crippen molar-refractivity contribution in [3.8, 4) is 0 Å². The molecule has 2 unspecified atom stereocenters. The maximum absolute atomic E-state index is 12.5. The van der Waals surface area contributed by atoms with Gasteiger partial charge in [0.1, 0.15) is 5.54 Å². The van der Waals surface area contributed by atoms with Gasteiger partial charge in [0.2, 0.25) is 0 Å². The van der Waals surface area contributed by atoms with Gasteiger partial charge < -0.3 is 9.64 Å². The number of hydrogen-bond donors (Lipinski definition) is 1. The van der Waals surface area contributed by atoms with Gasteiger partial charge in [-0.15, -0.1) is 0 Å². The first-order chi connectivity index (χ1) is 10.1. The molecule has 0 amide bonds. The minimum absolute atomic E-state index is 0.00947. The predicted molar refractivity (Wildman–Crippen MR) is 83.1 cm³/mol. The first kappa shape index (κ1) is 15.3. The van der Waals surface area contributed by atoms with Crippen LogP contribution in [0.1, 0.15) is 58.8 Å². The standard InChI is InChI=1S/C17H30N2O2/c1-3-21-16(20)17(18-14-4-5-14)9-6-15(12-17)19-10-7-13(2)8-11-19/h13-15,18H,3-12H2,1-2H3. The van der Waals surface area contributed by atoms with Gasteiger partial charge in [-0.05, 0) is 70.9 Å². The molecule has 1 aliphatic heterocycles. The summed E-state index contributed by atoms with van der Waals surface area (Å²) in [5, 5.41) is 3.63. The lowest BCUT2D eigenvalue weighted by molar-refractivity contribution is -0.151. The first-order valence-electron chi connectivity index (χ1n) is 8.82. The monoisotopic (exact) mass is 294 g/mol. The van der Waals surface area contributed by atoms with E-state index >= 15 is 0 Å². The summed E-state index contributed by atoms with van der Waals surface area (Å²) in [5.74, 6) is 0.854. The second kappa shape index (κ2) is 6.25. The number of nitrogens with zero attached hydrogens (tertiary/aromatic N) is 1. The van der Waals surface area contributed by atoms with Crippen LogP contribution in [0.25, 0.3) is 0 Å². The van der Waals surface area contributed by atoms with Crippen molar-refractivity contribution in [3.63, 3.8) is 0 Å². The van der Waals surface area contributed by atoms with E-state index < -0.39 is 5.54 Å². The highest BCUT2D eigenvalue weighted by Crippen LogP contribution is 2.38. The molecule has 0 aromatic heterocycles. The molecule has 120 valence electrons. The molecule has 3 rings (SSSR count). The number of ether oxygens (including phenoxy) is 1. The maximum Gasteiger partial charge on any atom is 0.326 e. The summed E-state index contributed by atoms with van der Waals surface area (Å²) in [6, 6.07) is 1.11. The summed E-state index contributed by atoms with van der Waals surface area (Å²) in [5.41, 5.74) is -0.398. The van der Waals surface area contributed by atoms with E-state index in [0.717, 1.165) is 25.2 Å². The molecule has 0 bridgehead atoms. The number of carbonyl (C=O) groups excluding carboxylic acids is 1. The molecule has 0 radical (unpaired) electrons. The molecule has 2 saturated carbocycles. The average molecular weight is 294 g/mol. The zero-order valence-electron chi connectivity index (χ0n) is 13.6. The lowest BCUT2D eigenvalue weighted by Crippen LogP contribution is -2.53. The summed E-state index contributed by atoms with van der Waals surface area (Å²) in [4.78, 5) is 15.1. The Kier molecular flexibility index (Phi) is 4.55. The summed E-state index contributed by atoms with van der Waals surface area (Å²) in [6.07, 6.45) is 8.06. The van der Waals surface area contributed by atoms with Gasteiger partial charge in [0.25, 0.3) is 0 Å². The number of esters is 1. The molecule has 2 atom stereocenters. The predicted octanol–water partition coefficient (Wildman–Crippen LogP) is 2.32.